The number of hydrogen-bond acceptors (Lipinski definition) is 6. The van der Waals surface area contributed by atoms with Crippen molar-refractivity contribution in [2.24, 2.45) is 5.92 Å². The predicted octanol–water partition coefficient (Wildman–Crippen LogP) is 2.61. The lowest BCUT2D eigenvalue weighted by atomic mass is 10.1. The highest BCUT2D eigenvalue weighted by Crippen LogP contribution is 2.35. The quantitative estimate of drug-likeness (QED) is 0.601. The third-order valence-corrected chi connectivity index (χ3v) is 7.68. The van der Waals surface area contributed by atoms with E-state index in [1.165, 1.54) is 0 Å². The topological polar surface area (TPSA) is 111 Å². The molecule has 0 spiro atoms. The number of benzene rings is 2. The van der Waals surface area contributed by atoms with Crippen LogP contribution in [0.2, 0.25) is 0 Å². The summed E-state index contributed by atoms with van der Waals surface area (Å²) < 4.78 is 31.3. The molecule has 1 fully saturated rings. The first-order valence-electron chi connectivity index (χ1n) is 10.9. The molecule has 9 nitrogen and oxygen atoms in total. The number of para-hydroxylation sites is 1. The van der Waals surface area contributed by atoms with Crippen LogP contribution >= 0.6 is 0 Å². The number of aromatic nitrogens is 2. The van der Waals surface area contributed by atoms with Gasteiger partial charge in [-0.25, -0.2) is 13.1 Å². The lowest BCUT2D eigenvalue weighted by Crippen LogP contribution is -2.29. The van der Waals surface area contributed by atoms with Crippen molar-refractivity contribution in [1.82, 2.24) is 9.78 Å². The summed E-state index contributed by atoms with van der Waals surface area (Å²) in [5.41, 5.74) is 3.30. The number of fused-ring (bicyclic) bond motifs is 1. The van der Waals surface area contributed by atoms with Crippen molar-refractivity contribution in [2.75, 3.05) is 23.9 Å². The highest BCUT2D eigenvalue weighted by Gasteiger charge is 2.38. The van der Waals surface area contributed by atoms with Crippen molar-refractivity contribution in [3.63, 3.8) is 0 Å². The molecule has 2 aliphatic rings. The van der Waals surface area contributed by atoms with Gasteiger partial charge >= 0.3 is 0 Å². The fourth-order valence-electron chi connectivity index (χ4n) is 4.48. The highest BCUT2D eigenvalue weighted by atomic mass is 32.2. The number of carbonyl (C=O) groups excluding carboxylic acids is 2. The van der Waals surface area contributed by atoms with Crippen molar-refractivity contribution >= 4 is 33.2 Å². The van der Waals surface area contributed by atoms with Gasteiger partial charge in [-0.1, -0.05) is 24.3 Å². The first kappa shape index (κ1) is 22.1. The van der Waals surface area contributed by atoms with Crippen LogP contribution in [0.3, 0.4) is 0 Å². The summed E-state index contributed by atoms with van der Waals surface area (Å²) in [6.07, 6.45) is 0.0576. The standard InChI is InChI=1S/C24H24N4O5S/c1-15-6-3-4-9-21(15)28-23(19-13-34(31,32)14-20(19)26-28)25-24(30)16-10-22(29)27(12-16)17-7-5-8-18(11-17)33-2/h3-9,11,16H,10,12-14H2,1-2H3,(H,25,30). The largest absolute Gasteiger partial charge is 0.497 e. The number of aryl methyl sites for hydroxylation is 1. The van der Waals surface area contributed by atoms with E-state index in [-0.39, 0.29) is 36.3 Å². The molecule has 5 rings (SSSR count). The molecule has 0 bridgehead atoms. The lowest BCUT2D eigenvalue weighted by molar-refractivity contribution is -0.122. The van der Waals surface area contributed by atoms with Gasteiger partial charge in [0.2, 0.25) is 11.8 Å². The van der Waals surface area contributed by atoms with Crippen molar-refractivity contribution in [1.29, 1.82) is 0 Å². The van der Waals surface area contributed by atoms with E-state index in [1.807, 2.05) is 31.2 Å². The average Bonchev–Trinajstić information content (AvgIpc) is 3.44. The Hall–Kier alpha value is -3.66. The molecule has 0 saturated carbocycles. The van der Waals surface area contributed by atoms with E-state index in [1.54, 1.807) is 41.0 Å². The number of rotatable bonds is 5. The summed E-state index contributed by atoms with van der Waals surface area (Å²) >= 11 is 0. The maximum Gasteiger partial charge on any atom is 0.230 e. The van der Waals surface area contributed by atoms with Gasteiger partial charge in [-0.15, -0.1) is 0 Å². The van der Waals surface area contributed by atoms with Crippen molar-refractivity contribution in [3.8, 4) is 11.4 Å². The number of sulfone groups is 1. The number of nitrogens with zero attached hydrogens (tertiary/aromatic N) is 3. The molecule has 1 unspecified atom stereocenters. The van der Waals surface area contributed by atoms with E-state index < -0.39 is 15.8 Å². The SMILES string of the molecule is COc1cccc(N2CC(C(=O)Nc3c4c(nn3-c3ccccc3C)CS(=O)(=O)C4)CC2=O)c1. The van der Waals surface area contributed by atoms with Crippen LogP contribution in [0, 0.1) is 12.8 Å². The molecule has 1 saturated heterocycles. The van der Waals surface area contributed by atoms with E-state index in [0.717, 1.165) is 11.3 Å². The summed E-state index contributed by atoms with van der Waals surface area (Å²) in [5.74, 6) is -0.458. The van der Waals surface area contributed by atoms with Gasteiger partial charge in [0.05, 0.1) is 35.9 Å². The maximum atomic E-state index is 13.3. The van der Waals surface area contributed by atoms with Crippen molar-refractivity contribution in [2.45, 2.75) is 24.9 Å². The van der Waals surface area contributed by atoms with Crippen LogP contribution in [0.25, 0.3) is 5.69 Å². The van der Waals surface area contributed by atoms with Gasteiger partial charge in [0.1, 0.15) is 11.6 Å². The Kier molecular flexibility index (Phi) is 5.40. The monoisotopic (exact) mass is 480 g/mol. The molecule has 3 aromatic rings. The third kappa shape index (κ3) is 3.94. The minimum Gasteiger partial charge on any atom is -0.497 e. The Labute approximate surface area is 197 Å². The number of hydrogen-bond donors (Lipinski definition) is 1. The first-order valence-corrected chi connectivity index (χ1v) is 12.7. The molecule has 0 radical (unpaired) electrons. The molecular formula is C24H24N4O5S. The van der Waals surface area contributed by atoms with Crippen molar-refractivity contribution < 1.29 is 22.7 Å². The van der Waals surface area contributed by atoms with Gasteiger partial charge in [-0.2, -0.15) is 5.10 Å². The number of amides is 2. The van der Waals surface area contributed by atoms with Crippen LogP contribution in [0.5, 0.6) is 5.75 Å². The zero-order valence-corrected chi connectivity index (χ0v) is 19.6. The van der Waals surface area contributed by atoms with Crippen LogP contribution < -0.4 is 15.0 Å². The Morgan fingerprint density at radius 1 is 1.15 bits per heavy atom. The van der Waals surface area contributed by atoms with E-state index >= 15 is 0 Å². The fourth-order valence-corrected chi connectivity index (χ4v) is 5.97. The lowest BCUT2D eigenvalue weighted by Gasteiger charge is -2.18. The first-order chi connectivity index (χ1) is 16.3. The minimum absolute atomic E-state index is 0.0576. The molecule has 0 aliphatic carbocycles. The van der Waals surface area contributed by atoms with E-state index in [2.05, 4.69) is 10.4 Å². The molecule has 10 heteroatoms. The molecule has 1 N–H and O–H groups in total. The molecule has 34 heavy (non-hydrogen) atoms. The van der Waals surface area contributed by atoms with Gasteiger partial charge < -0.3 is 15.0 Å². The van der Waals surface area contributed by atoms with Gasteiger partial charge in [0.15, 0.2) is 9.84 Å². The highest BCUT2D eigenvalue weighted by molar-refractivity contribution is 7.90. The van der Waals surface area contributed by atoms with E-state index in [9.17, 15) is 18.0 Å². The summed E-state index contributed by atoms with van der Waals surface area (Å²) in [6, 6.07) is 14.7. The smallest absolute Gasteiger partial charge is 0.230 e. The Bertz CT molecular complexity index is 1410. The molecule has 2 aromatic carbocycles. The number of nitrogens with one attached hydrogen (secondary N) is 1. The Balaban J connectivity index is 1.44. The molecule has 1 atom stereocenters. The summed E-state index contributed by atoms with van der Waals surface area (Å²) in [5, 5.41) is 7.43. The number of carbonyl (C=O) groups is 2. The second-order valence-electron chi connectivity index (χ2n) is 8.60. The van der Waals surface area contributed by atoms with E-state index in [0.29, 0.717) is 28.5 Å². The number of methoxy groups -OCH3 is 1. The summed E-state index contributed by atoms with van der Waals surface area (Å²) in [7, 11) is -1.76. The second-order valence-corrected chi connectivity index (χ2v) is 10.7. The molecule has 3 heterocycles. The molecule has 2 aliphatic heterocycles. The van der Waals surface area contributed by atoms with Crippen molar-refractivity contribution in [3.05, 3.63) is 65.4 Å². The zero-order valence-electron chi connectivity index (χ0n) is 18.8. The van der Waals surface area contributed by atoms with Crippen LogP contribution in [-0.2, 0) is 30.9 Å². The molecule has 2 amide bonds. The molecular weight excluding hydrogens is 456 g/mol. The maximum absolute atomic E-state index is 13.3. The number of ether oxygens (including phenoxy) is 1. The second kappa shape index (κ2) is 8.28. The van der Waals surface area contributed by atoms with Gasteiger partial charge in [-0.3, -0.25) is 9.59 Å². The average molecular weight is 481 g/mol. The van der Waals surface area contributed by atoms with Crippen LogP contribution in [0.1, 0.15) is 23.2 Å². The van der Waals surface area contributed by atoms with E-state index in [4.69, 9.17) is 4.74 Å². The zero-order chi connectivity index (χ0) is 24.0. The van der Waals surface area contributed by atoms with Crippen LogP contribution in [0.4, 0.5) is 11.5 Å². The Morgan fingerprint density at radius 2 is 1.94 bits per heavy atom. The summed E-state index contributed by atoms with van der Waals surface area (Å²) in [4.78, 5) is 27.6. The van der Waals surface area contributed by atoms with Crippen LogP contribution in [0.15, 0.2) is 48.5 Å². The van der Waals surface area contributed by atoms with Gasteiger partial charge in [0, 0.05) is 30.3 Å². The number of anilines is 2. The fraction of sp³-hybridized carbons (Fsp3) is 0.292. The summed E-state index contributed by atoms with van der Waals surface area (Å²) in [6.45, 7) is 2.14. The van der Waals surface area contributed by atoms with Crippen LogP contribution in [-0.4, -0.2) is 43.7 Å². The normalized spacial score (nSPS) is 18.7. The predicted molar refractivity (Wildman–Crippen MR) is 127 cm³/mol. The third-order valence-electron chi connectivity index (χ3n) is 6.23. The minimum atomic E-state index is -3.31. The Morgan fingerprint density at radius 3 is 2.71 bits per heavy atom. The van der Waals surface area contributed by atoms with Gasteiger partial charge in [-0.05, 0) is 30.7 Å². The molecule has 176 valence electrons. The molecule has 1 aromatic heterocycles. The van der Waals surface area contributed by atoms with Gasteiger partial charge in [0.25, 0.3) is 0 Å².